The number of H-pyrrole nitrogens is 1. The molecule has 25 heavy (non-hydrogen) atoms. The maximum atomic E-state index is 10.2. The van der Waals surface area contributed by atoms with Gasteiger partial charge in [0, 0.05) is 11.8 Å². The van der Waals surface area contributed by atoms with Crippen molar-refractivity contribution < 1.29 is 5.11 Å². The van der Waals surface area contributed by atoms with E-state index in [1.54, 1.807) is 18.5 Å². The number of aromatic nitrogens is 4. The van der Waals surface area contributed by atoms with Crippen LogP contribution in [0.5, 0.6) is 5.75 Å². The van der Waals surface area contributed by atoms with Gasteiger partial charge in [0.1, 0.15) is 11.4 Å². The Labute approximate surface area is 148 Å². The number of hydrogen-bond donors (Lipinski definition) is 2. The van der Waals surface area contributed by atoms with Gasteiger partial charge in [-0.1, -0.05) is 36.4 Å². The Morgan fingerprint density at radius 3 is 2.76 bits per heavy atom. The molecule has 0 fully saturated rings. The number of benzene rings is 2. The zero-order chi connectivity index (χ0) is 17.2. The van der Waals surface area contributed by atoms with Crippen LogP contribution in [0.1, 0.15) is 5.56 Å². The average molecular weight is 347 g/mol. The van der Waals surface area contributed by atoms with E-state index in [1.165, 1.54) is 4.68 Å². The van der Waals surface area contributed by atoms with E-state index in [1.807, 2.05) is 48.5 Å². The Morgan fingerprint density at radius 2 is 1.92 bits per heavy atom. The van der Waals surface area contributed by atoms with Crippen molar-refractivity contribution in [1.82, 2.24) is 19.9 Å². The standard InChI is InChI=1S/C18H13N5OS/c24-16-9-8-12-5-1-2-6-13(12)14(16)11-20-23-17(21-22-18(23)25)15-7-3-4-10-19-15/h1-11,24H,(H,22,25). The Hall–Kier alpha value is -3.32. The molecule has 2 N–H and O–H groups in total. The number of rotatable bonds is 3. The number of phenols is 1. The van der Waals surface area contributed by atoms with E-state index in [2.05, 4.69) is 20.3 Å². The predicted molar refractivity (Wildman–Crippen MR) is 99.2 cm³/mol. The second-order valence-corrected chi connectivity index (χ2v) is 5.73. The van der Waals surface area contributed by atoms with E-state index in [9.17, 15) is 5.11 Å². The lowest BCUT2D eigenvalue weighted by atomic mass is 10.0. The van der Waals surface area contributed by atoms with Gasteiger partial charge in [-0.3, -0.25) is 4.98 Å². The molecule has 0 unspecified atom stereocenters. The summed E-state index contributed by atoms with van der Waals surface area (Å²) in [7, 11) is 0. The molecular formula is C18H13N5OS. The Bertz CT molecular complexity index is 1130. The van der Waals surface area contributed by atoms with E-state index >= 15 is 0 Å². The molecule has 0 bridgehead atoms. The van der Waals surface area contributed by atoms with Crippen LogP contribution in [0.15, 0.2) is 65.9 Å². The summed E-state index contributed by atoms with van der Waals surface area (Å²) in [5.41, 5.74) is 1.27. The highest BCUT2D eigenvalue weighted by atomic mass is 32.1. The minimum Gasteiger partial charge on any atom is -0.507 e. The Balaban J connectivity index is 1.84. The molecule has 7 heteroatoms. The summed E-state index contributed by atoms with van der Waals surface area (Å²) >= 11 is 5.26. The topological polar surface area (TPSA) is 79.1 Å². The summed E-state index contributed by atoms with van der Waals surface area (Å²) in [6.45, 7) is 0. The first kappa shape index (κ1) is 15.2. The van der Waals surface area contributed by atoms with E-state index < -0.39 is 0 Å². The van der Waals surface area contributed by atoms with Gasteiger partial charge in [0.2, 0.25) is 10.6 Å². The van der Waals surface area contributed by atoms with Crippen LogP contribution in [0.2, 0.25) is 0 Å². The smallest absolute Gasteiger partial charge is 0.216 e. The number of hydrogen-bond acceptors (Lipinski definition) is 5. The lowest BCUT2D eigenvalue weighted by Gasteiger charge is -2.05. The van der Waals surface area contributed by atoms with Gasteiger partial charge in [0.15, 0.2) is 0 Å². The largest absolute Gasteiger partial charge is 0.507 e. The number of pyridine rings is 1. The van der Waals surface area contributed by atoms with Gasteiger partial charge < -0.3 is 5.11 Å². The average Bonchev–Trinajstić information content (AvgIpc) is 3.02. The van der Waals surface area contributed by atoms with Crippen LogP contribution in [-0.4, -0.2) is 31.2 Å². The number of aromatic hydroxyl groups is 1. The van der Waals surface area contributed by atoms with E-state index in [-0.39, 0.29) is 5.75 Å². The van der Waals surface area contributed by atoms with Crippen LogP contribution in [0.25, 0.3) is 22.3 Å². The normalized spacial score (nSPS) is 11.4. The number of fused-ring (bicyclic) bond motifs is 1. The van der Waals surface area contributed by atoms with Crippen LogP contribution in [-0.2, 0) is 0 Å². The Kier molecular flexibility index (Phi) is 3.83. The molecule has 0 saturated heterocycles. The number of phenolic OH excluding ortho intramolecular Hbond substituents is 1. The third kappa shape index (κ3) is 2.81. The maximum Gasteiger partial charge on any atom is 0.216 e. The van der Waals surface area contributed by atoms with Crippen molar-refractivity contribution in [3.05, 3.63) is 71.1 Å². The summed E-state index contributed by atoms with van der Waals surface area (Å²) in [6.07, 6.45) is 3.26. The van der Waals surface area contributed by atoms with Crippen molar-refractivity contribution in [1.29, 1.82) is 0 Å². The highest BCUT2D eigenvalue weighted by Crippen LogP contribution is 2.25. The fraction of sp³-hybridized carbons (Fsp3) is 0. The molecule has 0 atom stereocenters. The van der Waals surface area contributed by atoms with Gasteiger partial charge in [-0.2, -0.15) is 14.9 Å². The van der Waals surface area contributed by atoms with E-state index in [0.717, 1.165) is 10.8 Å². The number of nitrogens with zero attached hydrogens (tertiary/aromatic N) is 4. The van der Waals surface area contributed by atoms with Gasteiger partial charge in [0.25, 0.3) is 0 Å². The molecule has 4 rings (SSSR count). The molecule has 0 radical (unpaired) electrons. The van der Waals surface area contributed by atoms with Crippen molar-refractivity contribution in [3.63, 3.8) is 0 Å². The van der Waals surface area contributed by atoms with Crippen LogP contribution in [0, 0.1) is 4.77 Å². The molecule has 4 aromatic rings. The fourth-order valence-electron chi connectivity index (χ4n) is 2.59. The highest BCUT2D eigenvalue weighted by Gasteiger charge is 2.10. The molecule has 6 nitrogen and oxygen atoms in total. The first-order valence-corrected chi connectivity index (χ1v) is 7.99. The van der Waals surface area contributed by atoms with Crippen molar-refractivity contribution in [3.8, 4) is 17.3 Å². The predicted octanol–water partition coefficient (Wildman–Crippen LogP) is 3.74. The summed E-state index contributed by atoms with van der Waals surface area (Å²) in [5, 5.41) is 23.5. The third-order valence-corrected chi connectivity index (χ3v) is 4.06. The quantitative estimate of drug-likeness (QED) is 0.437. The van der Waals surface area contributed by atoms with E-state index in [4.69, 9.17) is 12.2 Å². The van der Waals surface area contributed by atoms with Gasteiger partial charge in [-0.25, -0.2) is 5.10 Å². The maximum absolute atomic E-state index is 10.2. The minimum absolute atomic E-state index is 0.150. The highest BCUT2D eigenvalue weighted by molar-refractivity contribution is 7.71. The lowest BCUT2D eigenvalue weighted by molar-refractivity contribution is 0.475. The SMILES string of the molecule is Oc1ccc2ccccc2c1C=Nn1c(-c2ccccn2)n[nH]c1=S. The molecule has 0 saturated carbocycles. The molecule has 0 aliphatic rings. The lowest BCUT2D eigenvalue weighted by Crippen LogP contribution is -1.97. The molecule has 2 aromatic carbocycles. The molecule has 0 aliphatic heterocycles. The first-order chi connectivity index (χ1) is 12.2. The molecule has 0 amide bonds. The van der Waals surface area contributed by atoms with Crippen molar-refractivity contribution in [2.24, 2.45) is 5.10 Å². The van der Waals surface area contributed by atoms with Gasteiger partial charge in [-0.15, -0.1) is 0 Å². The third-order valence-electron chi connectivity index (χ3n) is 3.79. The first-order valence-electron chi connectivity index (χ1n) is 7.58. The zero-order valence-electron chi connectivity index (χ0n) is 13.0. The molecule has 0 aliphatic carbocycles. The van der Waals surface area contributed by atoms with Crippen molar-refractivity contribution in [2.45, 2.75) is 0 Å². The van der Waals surface area contributed by atoms with Crippen molar-refractivity contribution in [2.75, 3.05) is 0 Å². The van der Waals surface area contributed by atoms with E-state index in [0.29, 0.717) is 21.9 Å². The fourth-order valence-corrected chi connectivity index (χ4v) is 2.77. The summed E-state index contributed by atoms with van der Waals surface area (Å²) in [5.74, 6) is 0.651. The molecule has 2 heterocycles. The molecule has 122 valence electrons. The Morgan fingerprint density at radius 1 is 1.08 bits per heavy atom. The zero-order valence-corrected chi connectivity index (χ0v) is 13.8. The number of aromatic amines is 1. The summed E-state index contributed by atoms with van der Waals surface area (Å²) in [6, 6.07) is 16.8. The summed E-state index contributed by atoms with van der Waals surface area (Å²) < 4.78 is 1.83. The van der Waals surface area contributed by atoms with Crippen LogP contribution < -0.4 is 0 Å². The van der Waals surface area contributed by atoms with Gasteiger partial charge in [0.05, 0.1) is 6.21 Å². The molecular weight excluding hydrogens is 334 g/mol. The van der Waals surface area contributed by atoms with Gasteiger partial charge >= 0.3 is 0 Å². The van der Waals surface area contributed by atoms with Crippen LogP contribution >= 0.6 is 12.2 Å². The summed E-state index contributed by atoms with van der Waals surface area (Å²) in [4.78, 5) is 4.27. The number of nitrogens with one attached hydrogen (secondary N) is 1. The van der Waals surface area contributed by atoms with Crippen LogP contribution in [0.4, 0.5) is 0 Å². The minimum atomic E-state index is 0.150. The second-order valence-electron chi connectivity index (χ2n) is 5.34. The van der Waals surface area contributed by atoms with Crippen molar-refractivity contribution >= 4 is 29.2 Å². The van der Waals surface area contributed by atoms with Gasteiger partial charge in [-0.05, 0) is 41.2 Å². The monoisotopic (exact) mass is 347 g/mol. The molecule has 2 aromatic heterocycles. The molecule has 0 spiro atoms. The van der Waals surface area contributed by atoms with Crippen LogP contribution in [0.3, 0.4) is 0 Å². The second kappa shape index (κ2) is 6.29.